The second kappa shape index (κ2) is 12.1. The van der Waals surface area contributed by atoms with Crippen molar-refractivity contribution >= 4 is 32.3 Å². The van der Waals surface area contributed by atoms with Gasteiger partial charge in [0.05, 0.1) is 0 Å². The molecule has 0 radical (unpaired) electrons. The summed E-state index contributed by atoms with van der Waals surface area (Å²) in [5.74, 6) is 0. The molecule has 0 aliphatic carbocycles. The van der Waals surface area contributed by atoms with E-state index in [2.05, 4.69) is 195 Å². The summed E-state index contributed by atoms with van der Waals surface area (Å²) >= 11 is 0. The Balaban J connectivity index is 1.13. The molecule has 0 heteroatoms. The van der Waals surface area contributed by atoms with Crippen LogP contribution in [0.15, 0.2) is 188 Å². The minimum absolute atomic E-state index is 1.21. The fourth-order valence-corrected chi connectivity index (χ4v) is 7.58. The molecule has 0 saturated heterocycles. The second-order valence-corrected chi connectivity index (χ2v) is 12.9. The monoisotopic (exact) mass is 622 g/mol. The molecule has 0 aliphatic heterocycles. The summed E-state index contributed by atoms with van der Waals surface area (Å²) < 4.78 is 0. The molecule has 0 saturated carbocycles. The van der Waals surface area contributed by atoms with Crippen molar-refractivity contribution in [3.05, 3.63) is 194 Å². The van der Waals surface area contributed by atoms with Crippen LogP contribution in [-0.2, 0) is 0 Å². The second-order valence-electron chi connectivity index (χ2n) is 12.9. The summed E-state index contributed by atoms with van der Waals surface area (Å²) in [5.41, 5.74) is 13.8. The van der Waals surface area contributed by atoms with Crippen LogP contribution in [-0.4, -0.2) is 0 Å². The Kier molecular flexibility index (Phi) is 7.14. The number of fused-ring (bicyclic) bond motifs is 3. The lowest BCUT2D eigenvalue weighted by Crippen LogP contribution is -1.93. The summed E-state index contributed by atoms with van der Waals surface area (Å²) in [7, 11) is 0. The molecule has 9 rings (SSSR count). The van der Waals surface area contributed by atoms with Crippen molar-refractivity contribution in [2.75, 3.05) is 0 Å². The summed E-state index contributed by atoms with van der Waals surface area (Å²) in [6, 6.07) is 68.7. The maximum absolute atomic E-state index is 2.29. The average Bonchev–Trinajstić information content (AvgIpc) is 3.17. The molecule has 9 aromatic carbocycles. The van der Waals surface area contributed by atoms with E-state index in [0.717, 1.165) is 0 Å². The van der Waals surface area contributed by atoms with Crippen LogP contribution >= 0.6 is 0 Å². The van der Waals surface area contributed by atoms with Gasteiger partial charge in [0, 0.05) is 0 Å². The zero-order valence-electron chi connectivity index (χ0n) is 27.4. The molecule has 0 fully saturated rings. The van der Waals surface area contributed by atoms with E-state index in [1.54, 1.807) is 0 Å². The molecule has 230 valence electrons. The fraction of sp³-hybridized carbons (Fsp3) is 0.0204. The van der Waals surface area contributed by atoms with Crippen LogP contribution in [0.2, 0.25) is 0 Å². The highest BCUT2D eigenvalue weighted by molar-refractivity contribution is 6.22. The molecule has 0 spiro atoms. The normalized spacial score (nSPS) is 11.4. The van der Waals surface area contributed by atoms with E-state index in [-0.39, 0.29) is 0 Å². The van der Waals surface area contributed by atoms with Gasteiger partial charge in [0.25, 0.3) is 0 Å². The van der Waals surface area contributed by atoms with Gasteiger partial charge in [-0.1, -0.05) is 182 Å². The highest BCUT2D eigenvalue weighted by Crippen LogP contribution is 2.46. The Bertz CT molecular complexity index is 2580. The van der Waals surface area contributed by atoms with Crippen molar-refractivity contribution in [3.63, 3.8) is 0 Å². The van der Waals surface area contributed by atoms with E-state index in [0.29, 0.717) is 0 Å². The van der Waals surface area contributed by atoms with Gasteiger partial charge in [-0.25, -0.2) is 0 Å². The van der Waals surface area contributed by atoms with Gasteiger partial charge < -0.3 is 0 Å². The lowest BCUT2D eigenvalue weighted by molar-refractivity contribution is 1.47. The third-order valence-corrected chi connectivity index (χ3v) is 10.0. The molecule has 49 heavy (non-hydrogen) atoms. The first-order valence-corrected chi connectivity index (χ1v) is 17.0. The molecule has 0 heterocycles. The van der Waals surface area contributed by atoms with E-state index >= 15 is 0 Å². The van der Waals surface area contributed by atoms with Crippen molar-refractivity contribution < 1.29 is 0 Å². The molecule has 0 atom stereocenters. The summed E-state index contributed by atoms with van der Waals surface area (Å²) in [6.45, 7) is 2.21. The zero-order chi connectivity index (χ0) is 32.7. The topological polar surface area (TPSA) is 0 Å². The van der Waals surface area contributed by atoms with Gasteiger partial charge in [0.15, 0.2) is 0 Å². The molecule has 0 N–H and O–H groups in total. The fourth-order valence-electron chi connectivity index (χ4n) is 7.58. The lowest BCUT2D eigenvalue weighted by Gasteiger charge is -2.20. The number of rotatable bonds is 5. The maximum Gasteiger partial charge on any atom is -0.00201 e. The Morgan fingerprint density at radius 3 is 1.22 bits per heavy atom. The predicted octanol–water partition coefficient (Wildman–Crippen LogP) is 13.8. The van der Waals surface area contributed by atoms with Gasteiger partial charge in [0.2, 0.25) is 0 Å². The van der Waals surface area contributed by atoms with Crippen molar-refractivity contribution in [1.29, 1.82) is 0 Å². The van der Waals surface area contributed by atoms with Crippen LogP contribution in [0.4, 0.5) is 0 Å². The Hall–Kier alpha value is -6.24. The van der Waals surface area contributed by atoms with Gasteiger partial charge in [-0.2, -0.15) is 0 Å². The molecule has 0 aromatic heterocycles. The molecule has 0 bridgehead atoms. The molecule has 0 aliphatic rings. The first-order valence-electron chi connectivity index (χ1n) is 17.0. The van der Waals surface area contributed by atoms with Gasteiger partial charge in [-0.15, -0.1) is 0 Å². The number of benzene rings is 9. The van der Waals surface area contributed by atoms with Crippen LogP contribution in [0.1, 0.15) is 5.56 Å². The lowest BCUT2D eigenvalue weighted by atomic mass is 9.83. The van der Waals surface area contributed by atoms with Gasteiger partial charge in [0.1, 0.15) is 0 Å². The van der Waals surface area contributed by atoms with E-state index in [1.165, 1.54) is 93.5 Å². The summed E-state index contributed by atoms with van der Waals surface area (Å²) in [6.07, 6.45) is 0. The van der Waals surface area contributed by atoms with Gasteiger partial charge >= 0.3 is 0 Å². The summed E-state index contributed by atoms with van der Waals surface area (Å²) in [5, 5.41) is 7.64. The number of aryl methyl sites for hydroxylation is 1. The SMILES string of the molecule is Cc1ccccc1-c1c2ccccc2c(-c2ccccc2-c2ccc(-c3ccc(-c4ccc5ccccc5c4)cc3)cc2)c2ccccc12. The smallest absolute Gasteiger partial charge is 0.00201 e. The average molecular weight is 623 g/mol. The van der Waals surface area contributed by atoms with E-state index < -0.39 is 0 Å². The minimum Gasteiger partial charge on any atom is -0.0620 e. The van der Waals surface area contributed by atoms with E-state index in [1.807, 2.05) is 0 Å². The van der Waals surface area contributed by atoms with Crippen LogP contribution in [0.25, 0.3) is 88.0 Å². The maximum atomic E-state index is 2.29. The third-order valence-electron chi connectivity index (χ3n) is 10.0. The van der Waals surface area contributed by atoms with E-state index in [9.17, 15) is 0 Å². The summed E-state index contributed by atoms with van der Waals surface area (Å²) in [4.78, 5) is 0. The molecule has 9 aromatic rings. The van der Waals surface area contributed by atoms with Crippen LogP contribution in [0, 0.1) is 6.92 Å². The van der Waals surface area contributed by atoms with Crippen molar-refractivity contribution in [2.24, 2.45) is 0 Å². The first kappa shape index (κ1) is 28.9. The Labute approximate surface area is 287 Å². The highest BCUT2D eigenvalue weighted by atomic mass is 14.2. The van der Waals surface area contributed by atoms with Gasteiger partial charge in [-0.3, -0.25) is 0 Å². The Morgan fingerprint density at radius 2 is 0.653 bits per heavy atom. The van der Waals surface area contributed by atoms with Crippen LogP contribution in [0.3, 0.4) is 0 Å². The number of hydrogen-bond acceptors (Lipinski definition) is 0. The minimum atomic E-state index is 1.21. The highest BCUT2D eigenvalue weighted by Gasteiger charge is 2.19. The zero-order valence-corrected chi connectivity index (χ0v) is 27.4. The van der Waals surface area contributed by atoms with Crippen molar-refractivity contribution in [1.82, 2.24) is 0 Å². The number of hydrogen-bond donors (Lipinski definition) is 0. The molecular formula is C49H34. The van der Waals surface area contributed by atoms with Crippen molar-refractivity contribution in [3.8, 4) is 55.6 Å². The molecular weight excluding hydrogens is 589 g/mol. The van der Waals surface area contributed by atoms with Crippen LogP contribution in [0.5, 0.6) is 0 Å². The molecule has 0 nitrogen and oxygen atoms in total. The quantitative estimate of drug-likeness (QED) is 0.168. The van der Waals surface area contributed by atoms with Gasteiger partial charge in [-0.05, 0) is 107 Å². The molecule has 0 unspecified atom stereocenters. The third kappa shape index (κ3) is 5.10. The van der Waals surface area contributed by atoms with Crippen molar-refractivity contribution in [2.45, 2.75) is 6.92 Å². The Morgan fingerprint density at radius 1 is 0.265 bits per heavy atom. The van der Waals surface area contributed by atoms with E-state index in [4.69, 9.17) is 0 Å². The molecule has 0 amide bonds. The predicted molar refractivity (Wildman–Crippen MR) is 211 cm³/mol. The first-order chi connectivity index (χ1) is 24.2. The standard InChI is InChI=1S/C49H34/c1-33-12-2-5-15-41(33)48-44-18-8-10-20-46(44)49(47-21-11-9-19-45(47)48)43-17-7-6-16-42(43)38-29-26-36(27-30-38)35-22-24-37(25-23-35)40-31-28-34-13-3-4-14-39(34)32-40/h2-32H,1H3. The largest absolute Gasteiger partial charge is 0.0620 e. The van der Waals surface area contributed by atoms with Crippen LogP contribution < -0.4 is 0 Å².